The largest absolute Gasteiger partial charge is 0.346 e. The van der Waals surface area contributed by atoms with Crippen LogP contribution in [-0.2, 0) is 0 Å². The number of hydrogen-bond donors (Lipinski definition) is 1. The van der Waals surface area contributed by atoms with Crippen molar-refractivity contribution in [1.29, 1.82) is 0 Å². The van der Waals surface area contributed by atoms with Gasteiger partial charge in [-0.3, -0.25) is 4.79 Å². The molecule has 0 aromatic heterocycles. The Kier molecular flexibility index (Phi) is 2.19. The molecule has 3 rings (SSSR count). The Hall–Kier alpha value is -0.440. The van der Waals surface area contributed by atoms with Gasteiger partial charge in [0.2, 0.25) is 0 Å². The average molecular weight is 277 g/mol. The molecular formula is C11H8Cl3NO. The van der Waals surface area contributed by atoms with Crippen molar-refractivity contribution in [3.63, 3.8) is 0 Å². The molecule has 16 heavy (non-hydrogen) atoms. The van der Waals surface area contributed by atoms with Crippen LogP contribution in [0.4, 0.5) is 0 Å². The monoisotopic (exact) mass is 275 g/mol. The van der Waals surface area contributed by atoms with Crippen molar-refractivity contribution < 1.29 is 4.79 Å². The van der Waals surface area contributed by atoms with Gasteiger partial charge in [0.25, 0.3) is 5.91 Å². The second-order valence-corrected chi connectivity index (χ2v) is 6.05. The number of halogens is 3. The van der Waals surface area contributed by atoms with Crippen molar-refractivity contribution in [2.75, 3.05) is 0 Å². The van der Waals surface area contributed by atoms with Crippen LogP contribution in [0.5, 0.6) is 0 Å². The molecule has 5 heteroatoms. The molecule has 1 aliphatic carbocycles. The highest BCUT2D eigenvalue weighted by atomic mass is 35.5. The second-order valence-electron chi connectivity index (χ2n) is 4.14. The number of nitrogens with one attached hydrogen (secondary N) is 1. The van der Waals surface area contributed by atoms with Crippen molar-refractivity contribution in [1.82, 2.24) is 5.32 Å². The summed E-state index contributed by atoms with van der Waals surface area (Å²) >= 11 is 18.3. The lowest BCUT2D eigenvalue weighted by Crippen LogP contribution is -2.68. The predicted octanol–water partition coefficient (Wildman–Crippen LogP) is 2.68. The Bertz CT molecular complexity index is 474. The third-order valence-corrected chi connectivity index (χ3v) is 5.09. The van der Waals surface area contributed by atoms with Crippen LogP contribution in [0.25, 0.3) is 0 Å². The van der Waals surface area contributed by atoms with Gasteiger partial charge in [-0.1, -0.05) is 41.4 Å². The van der Waals surface area contributed by atoms with Gasteiger partial charge in [-0.25, -0.2) is 0 Å². The van der Waals surface area contributed by atoms with Gasteiger partial charge in [-0.05, 0) is 11.6 Å². The highest BCUT2D eigenvalue weighted by molar-refractivity contribution is 6.54. The zero-order chi connectivity index (χ0) is 11.5. The van der Waals surface area contributed by atoms with E-state index in [1.165, 1.54) is 0 Å². The van der Waals surface area contributed by atoms with Crippen LogP contribution in [0.3, 0.4) is 0 Å². The normalized spacial score (nSPS) is 34.4. The van der Waals surface area contributed by atoms with Gasteiger partial charge in [0.05, 0.1) is 11.4 Å². The van der Waals surface area contributed by atoms with Gasteiger partial charge in [0.15, 0.2) is 4.33 Å². The van der Waals surface area contributed by atoms with E-state index in [2.05, 4.69) is 5.32 Å². The van der Waals surface area contributed by atoms with Crippen molar-refractivity contribution in [3.05, 3.63) is 35.4 Å². The Morgan fingerprint density at radius 2 is 1.94 bits per heavy atom. The maximum absolute atomic E-state index is 11.8. The number of alkyl halides is 3. The minimum absolute atomic E-state index is 0.00515. The molecule has 1 N–H and O–H groups in total. The van der Waals surface area contributed by atoms with Crippen molar-refractivity contribution >= 4 is 40.7 Å². The minimum Gasteiger partial charge on any atom is -0.346 e. The fourth-order valence-corrected chi connectivity index (χ4v) is 3.51. The average Bonchev–Trinajstić information content (AvgIpc) is 2.29. The molecule has 1 saturated carbocycles. The van der Waals surface area contributed by atoms with Gasteiger partial charge in [0, 0.05) is 11.5 Å². The first-order chi connectivity index (χ1) is 7.53. The molecule has 2 aliphatic rings. The summed E-state index contributed by atoms with van der Waals surface area (Å²) in [7, 11) is 0. The van der Waals surface area contributed by atoms with Gasteiger partial charge in [-0.2, -0.15) is 0 Å². The smallest absolute Gasteiger partial charge is 0.251 e. The molecular weight excluding hydrogens is 268 g/mol. The third-order valence-electron chi connectivity index (χ3n) is 3.31. The van der Waals surface area contributed by atoms with E-state index in [1.807, 2.05) is 18.2 Å². The molecule has 0 unspecified atom stereocenters. The number of carbonyl (C=O) groups excluding carboxylic acids is 1. The SMILES string of the molecule is O=C1N[C@@H]2[C@H](c3ccccc31)[C@@H](Cl)C2(Cl)Cl. The number of carbonyl (C=O) groups is 1. The molecule has 1 heterocycles. The van der Waals surface area contributed by atoms with E-state index in [4.69, 9.17) is 34.8 Å². The summed E-state index contributed by atoms with van der Waals surface area (Å²) in [5, 5.41) is 2.43. The lowest BCUT2D eigenvalue weighted by molar-refractivity contribution is 0.0872. The number of benzene rings is 1. The van der Waals surface area contributed by atoms with Crippen LogP contribution < -0.4 is 5.32 Å². The van der Waals surface area contributed by atoms with Gasteiger partial charge in [-0.15, -0.1) is 11.6 Å². The standard InChI is InChI=1S/C11H8Cl3NO/c12-8-7-5-3-1-2-4-6(5)10(16)15-9(7)11(8,13)14/h1-4,7-9H,(H,15,16)/t7-,8-,9-/m1/s1. The molecule has 1 fully saturated rings. The topological polar surface area (TPSA) is 29.1 Å². The maximum atomic E-state index is 11.8. The number of amides is 1. The maximum Gasteiger partial charge on any atom is 0.251 e. The summed E-state index contributed by atoms with van der Waals surface area (Å²) < 4.78 is -1.07. The highest BCUT2D eigenvalue weighted by Crippen LogP contribution is 2.56. The molecule has 0 spiro atoms. The summed E-state index contributed by atoms with van der Waals surface area (Å²) in [5.74, 6) is -0.128. The zero-order valence-corrected chi connectivity index (χ0v) is 10.4. The second kappa shape index (κ2) is 3.28. The van der Waals surface area contributed by atoms with Crippen LogP contribution in [0.1, 0.15) is 21.8 Å². The zero-order valence-electron chi connectivity index (χ0n) is 8.08. The molecule has 1 amide bonds. The number of hydrogen-bond acceptors (Lipinski definition) is 1. The summed E-state index contributed by atoms with van der Waals surface area (Å²) in [6.07, 6.45) is 0. The van der Waals surface area contributed by atoms with Crippen molar-refractivity contribution in [2.45, 2.75) is 21.7 Å². The minimum atomic E-state index is -1.07. The van der Waals surface area contributed by atoms with E-state index in [-0.39, 0.29) is 23.2 Å². The summed E-state index contributed by atoms with van der Waals surface area (Å²) in [6.45, 7) is 0. The first-order valence-electron chi connectivity index (χ1n) is 4.95. The molecule has 1 aliphatic heterocycles. The van der Waals surface area contributed by atoms with Gasteiger partial charge >= 0.3 is 0 Å². The predicted molar refractivity (Wildman–Crippen MR) is 64.5 cm³/mol. The Labute approximate surface area is 108 Å². The van der Waals surface area contributed by atoms with E-state index in [0.29, 0.717) is 5.56 Å². The van der Waals surface area contributed by atoms with E-state index < -0.39 is 4.33 Å². The van der Waals surface area contributed by atoms with Crippen LogP contribution in [0.2, 0.25) is 0 Å². The fourth-order valence-electron chi connectivity index (χ4n) is 2.44. The van der Waals surface area contributed by atoms with Gasteiger partial charge in [0.1, 0.15) is 0 Å². The van der Waals surface area contributed by atoms with E-state index >= 15 is 0 Å². The van der Waals surface area contributed by atoms with Crippen molar-refractivity contribution in [2.24, 2.45) is 0 Å². The number of rotatable bonds is 0. The van der Waals surface area contributed by atoms with E-state index in [1.54, 1.807) is 6.07 Å². The van der Waals surface area contributed by atoms with Gasteiger partial charge < -0.3 is 5.32 Å². The third kappa shape index (κ3) is 1.18. The Morgan fingerprint density at radius 1 is 1.25 bits per heavy atom. The van der Waals surface area contributed by atoms with E-state index in [9.17, 15) is 4.79 Å². The summed E-state index contributed by atoms with van der Waals surface area (Å²) in [4.78, 5) is 11.8. The lowest BCUT2D eigenvalue weighted by atomic mass is 9.69. The first kappa shape index (κ1) is 10.7. The molecule has 1 aromatic rings. The van der Waals surface area contributed by atoms with Crippen LogP contribution in [0.15, 0.2) is 24.3 Å². The molecule has 1 aromatic carbocycles. The summed E-state index contributed by atoms with van der Waals surface area (Å²) in [6, 6.07) is 7.12. The molecule has 3 atom stereocenters. The van der Waals surface area contributed by atoms with E-state index in [0.717, 1.165) is 5.56 Å². The molecule has 2 nitrogen and oxygen atoms in total. The van der Waals surface area contributed by atoms with Crippen molar-refractivity contribution in [3.8, 4) is 0 Å². The lowest BCUT2D eigenvalue weighted by Gasteiger charge is -2.54. The molecule has 84 valence electrons. The van der Waals surface area contributed by atoms with Crippen LogP contribution in [-0.4, -0.2) is 21.7 Å². The molecule has 0 saturated heterocycles. The first-order valence-corrected chi connectivity index (χ1v) is 6.14. The summed E-state index contributed by atoms with van der Waals surface area (Å²) in [5.41, 5.74) is 1.60. The quantitative estimate of drug-likeness (QED) is 0.725. The Balaban J connectivity index is 2.11. The fraction of sp³-hybridized carbons (Fsp3) is 0.364. The molecule has 0 radical (unpaired) electrons. The Morgan fingerprint density at radius 3 is 2.69 bits per heavy atom. The van der Waals surface area contributed by atoms with Crippen LogP contribution >= 0.6 is 34.8 Å². The number of fused-ring (bicyclic) bond motifs is 3. The van der Waals surface area contributed by atoms with Crippen LogP contribution in [0, 0.1) is 0 Å². The molecule has 0 bridgehead atoms. The highest BCUT2D eigenvalue weighted by Gasteiger charge is 2.63.